The van der Waals surface area contributed by atoms with E-state index in [2.05, 4.69) is 26.6 Å². The summed E-state index contributed by atoms with van der Waals surface area (Å²) in [5, 5.41) is 5.63. The normalized spacial score (nSPS) is 10.6. The number of halogens is 1. The maximum absolute atomic E-state index is 12.2. The Morgan fingerprint density at radius 1 is 0.839 bits per heavy atom. The molecule has 0 radical (unpaired) electrons. The van der Waals surface area contributed by atoms with Crippen LogP contribution in [0, 0.1) is 5.92 Å². The molecule has 31 heavy (non-hydrogen) atoms. The number of ether oxygens (including phenoxy) is 1. The summed E-state index contributed by atoms with van der Waals surface area (Å²) in [6, 6.07) is 22.8. The molecule has 2 N–H and O–H groups in total. The molecular weight excluding hydrogens is 456 g/mol. The average molecular weight is 481 g/mol. The van der Waals surface area contributed by atoms with Gasteiger partial charge in [0.15, 0.2) is 6.61 Å². The number of amides is 2. The molecule has 0 fully saturated rings. The van der Waals surface area contributed by atoms with Crippen molar-refractivity contribution in [2.24, 2.45) is 5.92 Å². The van der Waals surface area contributed by atoms with Gasteiger partial charge in [0.05, 0.1) is 4.47 Å². The van der Waals surface area contributed by atoms with Gasteiger partial charge in [-0.3, -0.25) is 9.59 Å². The van der Waals surface area contributed by atoms with E-state index >= 15 is 0 Å². The molecule has 0 spiro atoms. The highest BCUT2D eigenvalue weighted by Crippen LogP contribution is 2.30. The Morgan fingerprint density at radius 3 is 2.03 bits per heavy atom. The molecule has 5 nitrogen and oxygen atoms in total. The Hall–Kier alpha value is -3.12. The molecule has 0 aromatic heterocycles. The minimum absolute atomic E-state index is 0.0240. The molecule has 0 aliphatic heterocycles. The number of nitrogens with one attached hydrogen (secondary N) is 2. The number of anilines is 2. The smallest absolute Gasteiger partial charge is 0.262 e. The highest BCUT2D eigenvalue weighted by Gasteiger charge is 2.09. The number of rotatable bonds is 8. The summed E-state index contributed by atoms with van der Waals surface area (Å²) in [5.41, 5.74) is 3.50. The molecule has 0 heterocycles. The zero-order valence-electron chi connectivity index (χ0n) is 17.5. The third-order valence-corrected chi connectivity index (χ3v) is 5.06. The summed E-state index contributed by atoms with van der Waals surface area (Å²) in [5.74, 6) is 0.603. The molecule has 0 unspecified atom stereocenters. The molecule has 2 amide bonds. The van der Waals surface area contributed by atoms with E-state index in [-0.39, 0.29) is 18.4 Å². The molecule has 0 bridgehead atoms. The first kappa shape index (κ1) is 22.6. The van der Waals surface area contributed by atoms with Crippen molar-refractivity contribution in [2.75, 3.05) is 17.2 Å². The second-order valence-electron chi connectivity index (χ2n) is 7.57. The molecule has 0 atom stereocenters. The molecule has 6 heteroatoms. The van der Waals surface area contributed by atoms with Crippen LogP contribution in [0.25, 0.3) is 11.1 Å². The van der Waals surface area contributed by atoms with Gasteiger partial charge in [-0.15, -0.1) is 0 Å². The standard InChI is InChI=1S/C25H25BrN2O3/c1-17(2)14-24(29)27-20-9-11-21(12-10-20)28-25(30)16-31-23-13-8-19(15-22(23)26)18-6-4-3-5-7-18/h3-13,15,17H,14,16H2,1-2H3,(H,27,29)(H,28,30). The summed E-state index contributed by atoms with van der Waals surface area (Å²) in [6.45, 7) is 3.88. The van der Waals surface area contributed by atoms with Gasteiger partial charge in [-0.1, -0.05) is 50.2 Å². The fourth-order valence-corrected chi connectivity index (χ4v) is 3.48. The number of benzene rings is 3. The lowest BCUT2D eigenvalue weighted by Gasteiger charge is -2.11. The first-order valence-corrected chi connectivity index (χ1v) is 10.9. The summed E-state index contributed by atoms with van der Waals surface area (Å²) >= 11 is 3.51. The Kier molecular flexibility index (Phi) is 7.84. The number of carbonyl (C=O) groups excluding carboxylic acids is 2. The van der Waals surface area contributed by atoms with E-state index in [0.717, 1.165) is 15.6 Å². The zero-order valence-corrected chi connectivity index (χ0v) is 19.1. The van der Waals surface area contributed by atoms with Gasteiger partial charge in [-0.05, 0) is 69.4 Å². The first-order chi connectivity index (χ1) is 14.9. The average Bonchev–Trinajstić information content (AvgIpc) is 2.74. The van der Waals surface area contributed by atoms with Crippen LogP contribution in [0.15, 0.2) is 77.3 Å². The zero-order chi connectivity index (χ0) is 22.2. The van der Waals surface area contributed by atoms with Gasteiger partial charge in [0.25, 0.3) is 5.91 Å². The first-order valence-electron chi connectivity index (χ1n) is 10.1. The lowest BCUT2D eigenvalue weighted by molar-refractivity contribution is -0.118. The van der Waals surface area contributed by atoms with E-state index in [0.29, 0.717) is 29.5 Å². The monoisotopic (exact) mass is 480 g/mol. The molecule has 0 saturated carbocycles. The van der Waals surface area contributed by atoms with E-state index in [9.17, 15) is 9.59 Å². The van der Waals surface area contributed by atoms with Crippen molar-refractivity contribution >= 4 is 39.1 Å². The van der Waals surface area contributed by atoms with Gasteiger partial charge in [0.2, 0.25) is 5.91 Å². The lowest BCUT2D eigenvalue weighted by atomic mass is 10.1. The van der Waals surface area contributed by atoms with Crippen molar-refractivity contribution in [3.8, 4) is 16.9 Å². The molecule has 0 aliphatic rings. The van der Waals surface area contributed by atoms with Crippen molar-refractivity contribution in [2.45, 2.75) is 20.3 Å². The highest BCUT2D eigenvalue weighted by molar-refractivity contribution is 9.10. The van der Waals surface area contributed by atoms with E-state index in [1.54, 1.807) is 24.3 Å². The molecule has 3 aromatic carbocycles. The molecule has 0 aliphatic carbocycles. The van der Waals surface area contributed by atoms with Gasteiger partial charge in [-0.2, -0.15) is 0 Å². The van der Waals surface area contributed by atoms with Gasteiger partial charge in [0.1, 0.15) is 5.75 Å². The van der Waals surface area contributed by atoms with Crippen LogP contribution in [0.1, 0.15) is 20.3 Å². The van der Waals surface area contributed by atoms with Crippen LogP contribution >= 0.6 is 15.9 Å². The van der Waals surface area contributed by atoms with Crippen LogP contribution in [0.4, 0.5) is 11.4 Å². The lowest BCUT2D eigenvalue weighted by Crippen LogP contribution is -2.20. The second-order valence-corrected chi connectivity index (χ2v) is 8.43. The minimum atomic E-state index is -0.268. The van der Waals surface area contributed by atoms with Crippen LogP contribution in [0.5, 0.6) is 5.75 Å². The summed E-state index contributed by atoms with van der Waals surface area (Å²) < 4.78 is 6.44. The summed E-state index contributed by atoms with van der Waals surface area (Å²) in [7, 11) is 0. The third-order valence-electron chi connectivity index (χ3n) is 4.44. The minimum Gasteiger partial charge on any atom is -0.483 e. The molecular formula is C25H25BrN2O3. The highest BCUT2D eigenvalue weighted by atomic mass is 79.9. The maximum atomic E-state index is 12.2. The van der Waals surface area contributed by atoms with E-state index < -0.39 is 0 Å². The molecule has 160 valence electrons. The summed E-state index contributed by atoms with van der Waals surface area (Å²) in [4.78, 5) is 24.1. The number of hydrogen-bond donors (Lipinski definition) is 2. The van der Waals surface area contributed by atoms with Crippen molar-refractivity contribution < 1.29 is 14.3 Å². The SMILES string of the molecule is CC(C)CC(=O)Nc1ccc(NC(=O)COc2ccc(-c3ccccc3)cc2Br)cc1. The van der Waals surface area contributed by atoms with Crippen LogP contribution in [0.2, 0.25) is 0 Å². The Labute approximate surface area is 191 Å². The molecule has 0 saturated heterocycles. The molecule has 3 aromatic rings. The fourth-order valence-electron chi connectivity index (χ4n) is 2.99. The predicted molar refractivity (Wildman–Crippen MR) is 128 cm³/mol. The quantitative estimate of drug-likeness (QED) is 0.408. The van der Waals surface area contributed by atoms with Crippen molar-refractivity contribution in [3.63, 3.8) is 0 Å². The Morgan fingerprint density at radius 2 is 1.45 bits per heavy atom. The van der Waals surface area contributed by atoms with Gasteiger partial charge < -0.3 is 15.4 Å². The maximum Gasteiger partial charge on any atom is 0.262 e. The topological polar surface area (TPSA) is 67.4 Å². The number of hydrogen-bond acceptors (Lipinski definition) is 3. The molecule has 3 rings (SSSR count). The Bertz CT molecular complexity index is 1030. The van der Waals surface area contributed by atoms with Gasteiger partial charge in [-0.25, -0.2) is 0 Å². The van der Waals surface area contributed by atoms with Crippen molar-refractivity contribution in [3.05, 3.63) is 77.3 Å². The van der Waals surface area contributed by atoms with Crippen LogP contribution in [0.3, 0.4) is 0 Å². The van der Waals surface area contributed by atoms with Gasteiger partial charge in [0, 0.05) is 17.8 Å². The van der Waals surface area contributed by atoms with E-state index in [1.165, 1.54) is 0 Å². The third kappa shape index (κ3) is 6.96. The van der Waals surface area contributed by atoms with Crippen LogP contribution < -0.4 is 15.4 Å². The van der Waals surface area contributed by atoms with E-state index in [1.807, 2.05) is 62.4 Å². The fraction of sp³-hybridized carbons (Fsp3) is 0.200. The summed E-state index contributed by atoms with van der Waals surface area (Å²) in [6.07, 6.45) is 0.470. The van der Waals surface area contributed by atoms with Crippen LogP contribution in [-0.2, 0) is 9.59 Å². The van der Waals surface area contributed by atoms with Gasteiger partial charge >= 0.3 is 0 Å². The Balaban J connectivity index is 1.51. The van der Waals surface area contributed by atoms with Crippen molar-refractivity contribution in [1.29, 1.82) is 0 Å². The number of carbonyl (C=O) groups is 2. The largest absolute Gasteiger partial charge is 0.483 e. The second kappa shape index (κ2) is 10.8. The van der Waals surface area contributed by atoms with E-state index in [4.69, 9.17) is 4.74 Å². The predicted octanol–water partition coefficient (Wildman–Crippen LogP) is 6.12. The van der Waals surface area contributed by atoms with Crippen molar-refractivity contribution in [1.82, 2.24) is 0 Å². The van der Waals surface area contributed by atoms with Crippen LogP contribution in [-0.4, -0.2) is 18.4 Å².